The molecule has 0 spiro atoms. The van der Waals surface area contributed by atoms with Gasteiger partial charge in [0.1, 0.15) is 0 Å². The van der Waals surface area contributed by atoms with Gasteiger partial charge in [-0.2, -0.15) is 0 Å². The molecule has 2 unspecified atom stereocenters. The highest BCUT2D eigenvalue weighted by Crippen LogP contribution is 2.26. The van der Waals surface area contributed by atoms with Crippen molar-refractivity contribution in [3.8, 4) is 0 Å². The molecule has 2 amide bonds. The van der Waals surface area contributed by atoms with Crippen molar-refractivity contribution >= 4 is 11.8 Å². The Kier molecular flexibility index (Phi) is 5.44. The average Bonchev–Trinajstić information content (AvgIpc) is 2.85. The summed E-state index contributed by atoms with van der Waals surface area (Å²) in [6.07, 6.45) is 7.06. The summed E-state index contributed by atoms with van der Waals surface area (Å²) in [5.74, 6) is 0.303. The quantitative estimate of drug-likeness (QED) is 0.776. The van der Waals surface area contributed by atoms with E-state index >= 15 is 0 Å². The van der Waals surface area contributed by atoms with Crippen molar-refractivity contribution in [2.75, 3.05) is 19.6 Å². The Balaban J connectivity index is 1.94. The Morgan fingerprint density at radius 2 is 2.10 bits per heavy atom. The van der Waals surface area contributed by atoms with Gasteiger partial charge in [-0.1, -0.05) is 20.3 Å². The summed E-state index contributed by atoms with van der Waals surface area (Å²) in [6, 6.07) is 0.399. The van der Waals surface area contributed by atoms with Gasteiger partial charge in [0.05, 0.1) is 5.92 Å². The SMILES string of the molecule is CCCCN1CC(C(=O)N2CCCCC2CC)CC1=O. The molecule has 0 N–H and O–H groups in total. The Bertz CT molecular complexity index is 356. The lowest BCUT2D eigenvalue weighted by atomic mass is 9.97. The maximum atomic E-state index is 12.7. The molecule has 2 aliphatic heterocycles. The van der Waals surface area contributed by atoms with Gasteiger partial charge in [0.2, 0.25) is 11.8 Å². The van der Waals surface area contributed by atoms with Crippen molar-refractivity contribution in [3.05, 3.63) is 0 Å². The van der Waals surface area contributed by atoms with Crippen LogP contribution in [0.4, 0.5) is 0 Å². The molecule has 20 heavy (non-hydrogen) atoms. The second-order valence-electron chi connectivity index (χ2n) is 6.18. The van der Waals surface area contributed by atoms with Crippen LogP contribution in [0.5, 0.6) is 0 Å². The predicted octanol–water partition coefficient (Wildman–Crippen LogP) is 2.43. The van der Waals surface area contributed by atoms with Crippen LogP contribution in [0, 0.1) is 5.92 Å². The van der Waals surface area contributed by atoms with Gasteiger partial charge in [-0.25, -0.2) is 0 Å². The van der Waals surface area contributed by atoms with E-state index in [1.54, 1.807) is 0 Å². The first-order valence-electron chi connectivity index (χ1n) is 8.25. The van der Waals surface area contributed by atoms with E-state index in [9.17, 15) is 9.59 Å². The van der Waals surface area contributed by atoms with Gasteiger partial charge in [-0.15, -0.1) is 0 Å². The Morgan fingerprint density at radius 1 is 1.30 bits per heavy atom. The highest BCUT2D eigenvalue weighted by atomic mass is 16.2. The molecule has 0 aromatic rings. The summed E-state index contributed by atoms with van der Waals surface area (Å²) < 4.78 is 0. The van der Waals surface area contributed by atoms with Gasteiger partial charge >= 0.3 is 0 Å². The van der Waals surface area contributed by atoms with E-state index in [0.29, 0.717) is 19.0 Å². The third kappa shape index (κ3) is 3.33. The number of nitrogens with zero attached hydrogens (tertiary/aromatic N) is 2. The standard InChI is InChI=1S/C16H28N2O2/c1-3-5-9-17-12-13(11-15(17)19)16(20)18-10-7-6-8-14(18)4-2/h13-14H,3-12H2,1-2H3. The summed E-state index contributed by atoms with van der Waals surface area (Å²) in [5.41, 5.74) is 0. The molecule has 0 bridgehead atoms. The minimum atomic E-state index is -0.0912. The van der Waals surface area contributed by atoms with Crippen LogP contribution in [-0.2, 0) is 9.59 Å². The number of rotatable bonds is 5. The lowest BCUT2D eigenvalue weighted by Crippen LogP contribution is -2.46. The van der Waals surface area contributed by atoms with E-state index in [0.717, 1.165) is 45.2 Å². The second-order valence-corrected chi connectivity index (χ2v) is 6.18. The van der Waals surface area contributed by atoms with E-state index < -0.39 is 0 Å². The van der Waals surface area contributed by atoms with Gasteiger partial charge < -0.3 is 9.80 Å². The molecular formula is C16H28N2O2. The van der Waals surface area contributed by atoms with E-state index in [1.165, 1.54) is 6.42 Å². The van der Waals surface area contributed by atoms with Crippen LogP contribution >= 0.6 is 0 Å². The van der Waals surface area contributed by atoms with Gasteiger partial charge in [0.25, 0.3) is 0 Å². The highest BCUT2D eigenvalue weighted by Gasteiger charge is 2.38. The minimum Gasteiger partial charge on any atom is -0.342 e. The zero-order chi connectivity index (χ0) is 14.5. The van der Waals surface area contributed by atoms with Crippen LogP contribution in [-0.4, -0.2) is 47.3 Å². The smallest absolute Gasteiger partial charge is 0.228 e. The molecule has 4 heteroatoms. The molecule has 2 fully saturated rings. The van der Waals surface area contributed by atoms with E-state index in [1.807, 2.05) is 4.90 Å². The molecule has 2 atom stereocenters. The second kappa shape index (κ2) is 7.09. The molecule has 2 rings (SSSR count). The molecule has 0 radical (unpaired) electrons. The Hall–Kier alpha value is -1.06. The van der Waals surface area contributed by atoms with Gasteiger partial charge in [0, 0.05) is 32.1 Å². The lowest BCUT2D eigenvalue weighted by molar-refractivity contribution is -0.139. The van der Waals surface area contributed by atoms with E-state index in [4.69, 9.17) is 0 Å². The number of amides is 2. The molecule has 0 saturated carbocycles. The number of likely N-dealkylation sites (tertiary alicyclic amines) is 2. The van der Waals surface area contributed by atoms with Gasteiger partial charge in [0.15, 0.2) is 0 Å². The van der Waals surface area contributed by atoms with Crippen molar-refractivity contribution < 1.29 is 9.59 Å². The monoisotopic (exact) mass is 280 g/mol. The first-order chi connectivity index (χ1) is 9.67. The number of piperidine rings is 1. The fraction of sp³-hybridized carbons (Fsp3) is 0.875. The zero-order valence-corrected chi connectivity index (χ0v) is 12.9. The Labute approximate surface area is 122 Å². The van der Waals surface area contributed by atoms with Crippen molar-refractivity contribution in [3.63, 3.8) is 0 Å². The predicted molar refractivity (Wildman–Crippen MR) is 79.2 cm³/mol. The summed E-state index contributed by atoms with van der Waals surface area (Å²) in [5, 5.41) is 0. The van der Waals surface area contributed by atoms with E-state index in [2.05, 4.69) is 18.7 Å². The van der Waals surface area contributed by atoms with Gasteiger partial charge in [-0.3, -0.25) is 9.59 Å². The molecule has 0 aliphatic carbocycles. The normalized spacial score (nSPS) is 27.2. The molecule has 2 aliphatic rings. The van der Waals surface area contributed by atoms with Crippen molar-refractivity contribution in [2.24, 2.45) is 5.92 Å². The Morgan fingerprint density at radius 3 is 2.80 bits per heavy atom. The number of unbranched alkanes of at least 4 members (excludes halogenated alkanes) is 1. The molecular weight excluding hydrogens is 252 g/mol. The maximum absolute atomic E-state index is 12.7. The molecule has 4 nitrogen and oxygen atoms in total. The summed E-state index contributed by atoms with van der Waals surface area (Å²) >= 11 is 0. The molecule has 2 heterocycles. The zero-order valence-electron chi connectivity index (χ0n) is 12.9. The van der Waals surface area contributed by atoms with Crippen molar-refractivity contribution in [2.45, 2.75) is 64.8 Å². The van der Waals surface area contributed by atoms with Crippen LogP contribution in [0.1, 0.15) is 58.8 Å². The number of hydrogen-bond donors (Lipinski definition) is 0. The number of carbonyl (C=O) groups is 2. The molecule has 0 aromatic carbocycles. The van der Waals surface area contributed by atoms with Crippen LogP contribution < -0.4 is 0 Å². The topological polar surface area (TPSA) is 40.6 Å². The number of hydrogen-bond acceptors (Lipinski definition) is 2. The van der Waals surface area contributed by atoms with Crippen molar-refractivity contribution in [1.29, 1.82) is 0 Å². The molecule has 0 aromatic heterocycles. The average molecular weight is 280 g/mol. The third-order valence-corrected chi connectivity index (χ3v) is 4.73. The lowest BCUT2D eigenvalue weighted by Gasteiger charge is -2.36. The largest absolute Gasteiger partial charge is 0.342 e. The summed E-state index contributed by atoms with van der Waals surface area (Å²) in [7, 11) is 0. The maximum Gasteiger partial charge on any atom is 0.228 e. The highest BCUT2D eigenvalue weighted by molar-refractivity contribution is 5.89. The minimum absolute atomic E-state index is 0.0912. The van der Waals surface area contributed by atoms with E-state index in [-0.39, 0.29) is 17.7 Å². The number of carbonyl (C=O) groups excluding carboxylic acids is 2. The summed E-state index contributed by atoms with van der Waals surface area (Å²) in [4.78, 5) is 28.6. The fourth-order valence-electron chi connectivity index (χ4n) is 3.45. The van der Waals surface area contributed by atoms with Crippen molar-refractivity contribution in [1.82, 2.24) is 9.80 Å². The van der Waals surface area contributed by atoms with Gasteiger partial charge in [-0.05, 0) is 32.1 Å². The first-order valence-corrected chi connectivity index (χ1v) is 8.25. The van der Waals surface area contributed by atoms with Crippen LogP contribution in [0.2, 0.25) is 0 Å². The van der Waals surface area contributed by atoms with Crippen LogP contribution in [0.15, 0.2) is 0 Å². The fourth-order valence-corrected chi connectivity index (χ4v) is 3.45. The molecule has 114 valence electrons. The third-order valence-electron chi connectivity index (χ3n) is 4.73. The van der Waals surface area contributed by atoms with Crippen LogP contribution in [0.25, 0.3) is 0 Å². The summed E-state index contributed by atoms with van der Waals surface area (Å²) in [6.45, 7) is 6.63. The van der Waals surface area contributed by atoms with Crippen LogP contribution in [0.3, 0.4) is 0 Å². The molecule has 2 saturated heterocycles. The first kappa shape index (κ1) is 15.3.